The van der Waals surface area contributed by atoms with Gasteiger partial charge in [0.1, 0.15) is 16.7 Å². The predicted molar refractivity (Wildman–Crippen MR) is 53.3 cm³/mol. The zero-order valence-electron chi connectivity index (χ0n) is 6.93. The van der Waals surface area contributed by atoms with Crippen LogP contribution in [0.1, 0.15) is 0 Å². The van der Waals surface area contributed by atoms with Crippen LogP contribution in [-0.2, 0) is 9.84 Å². The van der Waals surface area contributed by atoms with Gasteiger partial charge in [-0.25, -0.2) is 23.4 Å². The first-order chi connectivity index (χ1) is 6.48. The second-order valence-corrected chi connectivity index (χ2v) is 6.10. The number of aromatic nitrogens is 3. The summed E-state index contributed by atoms with van der Waals surface area (Å²) in [6.07, 6.45) is 2.36. The van der Waals surface area contributed by atoms with Gasteiger partial charge in [-0.15, -0.1) is 0 Å². The van der Waals surface area contributed by atoms with Gasteiger partial charge in [-0.05, 0) is 0 Å². The van der Waals surface area contributed by atoms with Gasteiger partial charge in [-0.1, -0.05) is 22.9 Å². The molecule has 0 aliphatic rings. The van der Waals surface area contributed by atoms with Crippen molar-refractivity contribution in [3.8, 4) is 0 Å². The molecule has 0 fully saturated rings. The maximum absolute atomic E-state index is 11.2. The van der Waals surface area contributed by atoms with Crippen LogP contribution in [0.4, 0.5) is 0 Å². The normalized spacial score (nSPS) is 12.1. The van der Waals surface area contributed by atoms with Crippen molar-refractivity contribution in [2.24, 2.45) is 0 Å². The van der Waals surface area contributed by atoms with Gasteiger partial charge in [0, 0.05) is 6.26 Å². The molecule has 0 aliphatic heterocycles. The first-order valence-corrected chi connectivity index (χ1v) is 6.54. The van der Waals surface area contributed by atoms with Crippen LogP contribution in [0.2, 0.25) is 5.15 Å². The van der Waals surface area contributed by atoms with Crippen LogP contribution in [0.5, 0.6) is 0 Å². The van der Waals surface area contributed by atoms with Gasteiger partial charge < -0.3 is 0 Å². The number of rotatable bonds is 1. The summed E-state index contributed by atoms with van der Waals surface area (Å²) >= 11 is 6.70. The molecule has 8 heteroatoms. The molecule has 0 bridgehead atoms. The minimum absolute atomic E-state index is 0.00917. The third-order valence-electron chi connectivity index (χ3n) is 1.45. The molecule has 5 nitrogen and oxygen atoms in total. The Morgan fingerprint density at radius 1 is 1.43 bits per heavy atom. The number of sulfone groups is 1. The summed E-state index contributed by atoms with van der Waals surface area (Å²) in [6, 6.07) is 0. The number of hydrogen-bond acceptors (Lipinski definition) is 6. The lowest BCUT2D eigenvalue weighted by molar-refractivity contribution is 0.601. The Morgan fingerprint density at radius 2 is 2.14 bits per heavy atom. The third-order valence-corrected chi connectivity index (χ3v) is 4.37. The number of thiazole rings is 1. The molecule has 74 valence electrons. The smallest absolute Gasteiger partial charge is 0.211 e. The van der Waals surface area contributed by atoms with E-state index in [4.69, 9.17) is 11.6 Å². The van der Waals surface area contributed by atoms with E-state index in [0.717, 1.165) is 17.6 Å². The van der Waals surface area contributed by atoms with E-state index in [1.807, 2.05) is 0 Å². The van der Waals surface area contributed by atoms with E-state index in [9.17, 15) is 8.42 Å². The molecule has 0 saturated heterocycles. The maximum Gasteiger partial charge on any atom is 0.211 e. The second-order valence-electron chi connectivity index (χ2n) is 2.57. The lowest BCUT2D eigenvalue weighted by atomic mass is 10.6. The summed E-state index contributed by atoms with van der Waals surface area (Å²) in [6.45, 7) is 0. The van der Waals surface area contributed by atoms with Gasteiger partial charge in [-0.2, -0.15) is 0 Å². The Kier molecular flexibility index (Phi) is 2.17. The molecule has 2 aromatic rings. The van der Waals surface area contributed by atoms with Crippen LogP contribution >= 0.6 is 22.9 Å². The summed E-state index contributed by atoms with van der Waals surface area (Å²) in [7, 11) is -3.30. The Morgan fingerprint density at radius 3 is 2.71 bits per heavy atom. The predicted octanol–water partition coefficient (Wildman–Crippen LogP) is 1.14. The number of nitrogens with zero attached hydrogens (tertiary/aromatic N) is 3. The number of halogens is 1. The maximum atomic E-state index is 11.2. The summed E-state index contributed by atoms with van der Waals surface area (Å²) < 4.78 is 22.4. The molecule has 2 rings (SSSR count). The van der Waals surface area contributed by atoms with Crippen molar-refractivity contribution >= 4 is 43.1 Å². The molecule has 0 spiro atoms. The van der Waals surface area contributed by atoms with Crippen LogP contribution in [-0.4, -0.2) is 29.6 Å². The van der Waals surface area contributed by atoms with E-state index in [1.54, 1.807) is 0 Å². The van der Waals surface area contributed by atoms with Crippen LogP contribution in [0.25, 0.3) is 10.3 Å². The van der Waals surface area contributed by atoms with Crippen molar-refractivity contribution in [3.05, 3.63) is 11.5 Å². The molecule has 0 saturated carbocycles. The molecular weight excluding hydrogens is 246 g/mol. The lowest BCUT2D eigenvalue weighted by Crippen LogP contribution is -1.94. The Hall–Kier alpha value is -0.790. The number of fused-ring (bicyclic) bond motifs is 1. The molecule has 2 aromatic heterocycles. The van der Waals surface area contributed by atoms with Crippen molar-refractivity contribution in [2.45, 2.75) is 4.34 Å². The highest BCUT2D eigenvalue weighted by molar-refractivity contribution is 7.92. The van der Waals surface area contributed by atoms with Crippen LogP contribution < -0.4 is 0 Å². The monoisotopic (exact) mass is 249 g/mol. The molecule has 14 heavy (non-hydrogen) atoms. The molecule has 0 radical (unpaired) electrons. The van der Waals surface area contributed by atoms with Gasteiger partial charge in [0.2, 0.25) is 14.2 Å². The van der Waals surface area contributed by atoms with E-state index < -0.39 is 9.84 Å². The van der Waals surface area contributed by atoms with Gasteiger partial charge in [0.15, 0.2) is 5.15 Å². The topological polar surface area (TPSA) is 72.8 Å². The highest BCUT2D eigenvalue weighted by Crippen LogP contribution is 2.26. The average Bonchev–Trinajstić information content (AvgIpc) is 2.48. The third kappa shape index (κ3) is 1.58. The fourth-order valence-corrected chi connectivity index (χ4v) is 2.84. The Balaban J connectivity index is 2.81. The van der Waals surface area contributed by atoms with Gasteiger partial charge >= 0.3 is 0 Å². The highest BCUT2D eigenvalue weighted by Gasteiger charge is 2.16. The summed E-state index contributed by atoms with van der Waals surface area (Å²) in [4.78, 5) is 11.9. The zero-order valence-corrected chi connectivity index (χ0v) is 9.32. The molecule has 0 N–H and O–H groups in total. The van der Waals surface area contributed by atoms with E-state index in [1.165, 1.54) is 6.33 Å². The van der Waals surface area contributed by atoms with E-state index in [-0.39, 0.29) is 9.49 Å². The molecular formula is C6H4ClN3O2S2. The molecule has 0 unspecified atom stereocenters. The fourth-order valence-electron chi connectivity index (χ4n) is 0.867. The lowest BCUT2D eigenvalue weighted by Gasteiger charge is -1.87. The van der Waals surface area contributed by atoms with Crippen LogP contribution in [0, 0.1) is 0 Å². The van der Waals surface area contributed by atoms with Gasteiger partial charge in [0.25, 0.3) is 0 Å². The van der Waals surface area contributed by atoms with E-state index >= 15 is 0 Å². The number of hydrogen-bond donors (Lipinski definition) is 0. The van der Waals surface area contributed by atoms with E-state index in [2.05, 4.69) is 15.0 Å². The largest absolute Gasteiger partial charge is 0.224 e. The van der Waals surface area contributed by atoms with Crippen molar-refractivity contribution in [1.82, 2.24) is 15.0 Å². The molecule has 0 amide bonds. The zero-order chi connectivity index (χ0) is 10.3. The second kappa shape index (κ2) is 3.11. The van der Waals surface area contributed by atoms with E-state index in [0.29, 0.717) is 10.3 Å². The van der Waals surface area contributed by atoms with Crippen molar-refractivity contribution in [3.63, 3.8) is 0 Å². The minimum atomic E-state index is -3.30. The average molecular weight is 250 g/mol. The quantitative estimate of drug-likeness (QED) is 0.709. The summed E-state index contributed by atoms with van der Waals surface area (Å²) in [5, 5.41) is 0.168. The first-order valence-electron chi connectivity index (χ1n) is 3.45. The summed E-state index contributed by atoms with van der Waals surface area (Å²) in [5.41, 5.74) is 0.333. The van der Waals surface area contributed by atoms with Gasteiger partial charge in [-0.3, -0.25) is 0 Å². The SMILES string of the molecule is CS(=O)(=O)c1nc2c(Cl)ncnc2s1. The highest BCUT2D eigenvalue weighted by atomic mass is 35.5. The molecule has 0 atom stereocenters. The molecule has 2 heterocycles. The first kappa shape index (κ1) is 9.75. The molecule has 0 aliphatic carbocycles. The molecule has 0 aromatic carbocycles. The van der Waals surface area contributed by atoms with Crippen LogP contribution in [0.15, 0.2) is 10.7 Å². The van der Waals surface area contributed by atoms with Crippen LogP contribution in [0.3, 0.4) is 0 Å². The minimum Gasteiger partial charge on any atom is -0.224 e. The fraction of sp³-hybridized carbons (Fsp3) is 0.167. The summed E-state index contributed by atoms with van der Waals surface area (Å²) in [5.74, 6) is 0. The van der Waals surface area contributed by atoms with Gasteiger partial charge in [0.05, 0.1) is 0 Å². The Labute approximate surface area is 88.7 Å². The van der Waals surface area contributed by atoms with Crippen molar-refractivity contribution < 1.29 is 8.42 Å². The van der Waals surface area contributed by atoms with Crippen molar-refractivity contribution in [1.29, 1.82) is 0 Å². The van der Waals surface area contributed by atoms with Crippen molar-refractivity contribution in [2.75, 3.05) is 6.26 Å². The Bertz CT molecular complexity index is 592. The standard InChI is InChI=1S/C6H4ClN3O2S2/c1-14(11,12)6-10-3-4(7)8-2-9-5(3)13-6/h2H,1H3.